The first-order valence-corrected chi connectivity index (χ1v) is 9.46. The molecule has 7 heteroatoms. The molecule has 1 N–H and O–H groups in total. The van der Waals surface area contributed by atoms with Gasteiger partial charge in [0, 0.05) is 19.0 Å². The number of anilines is 1. The lowest BCUT2D eigenvalue weighted by molar-refractivity contribution is -0.146. The number of benzene rings is 1. The number of rotatable bonds is 6. The Morgan fingerprint density at radius 1 is 1.30 bits per heavy atom. The molecule has 1 aliphatic heterocycles. The predicted molar refractivity (Wildman–Crippen MR) is 102 cm³/mol. The van der Waals surface area contributed by atoms with Crippen molar-refractivity contribution in [1.82, 2.24) is 10.3 Å². The summed E-state index contributed by atoms with van der Waals surface area (Å²) in [6, 6.07) is 7.68. The lowest BCUT2D eigenvalue weighted by Gasteiger charge is -2.31. The van der Waals surface area contributed by atoms with Gasteiger partial charge in [-0.05, 0) is 37.3 Å². The summed E-state index contributed by atoms with van der Waals surface area (Å²) in [5.74, 6) is -0.301. The molecule has 1 aromatic heterocycles. The van der Waals surface area contributed by atoms with Crippen molar-refractivity contribution in [1.29, 1.82) is 0 Å². The summed E-state index contributed by atoms with van der Waals surface area (Å²) in [4.78, 5) is 31.1. The van der Waals surface area contributed by atoms with Gasteiger partial charge in [-0.2, -0.15) is 4.98 Å². The SMILES string of the molecule is COC(=O)C(CC(C)C)NC(=O)C1CCN(c2nc3ccccc3o2)CC1. The van der Waals surface area contributed by atoms with Crippen LogP contribution in [-0.4, -0.2) is 43.1 Å². The Bertz CT molecular complexity index is 760. The van der Waals surface area contributed by atoms with Crippen LogP contribution in [0.4, 0.5) is 6.01 Å². The number of methoxy groups -OCH3 is 1. The number of amides is 1. The van der Waals surface area contributed by atoms with E-state index < -0.39 is 6.04 Å². The first-order chi connectivity index (χ1) is 13.0. The van der Waals surface area contributed by atoms with Crippen LogP contribution in [0, 0.1) is 11.8 Å². The van der Waals surface area contributed by atoms with Gasteiger partial charge < -0.3 is 19.4 Å². The number of ether oxygens (including phenoxy) is 1. The quantitative estimate of drug-likeness (QED) is 0.784. The minimum absolute atomic E-state index is 0.0803. The molecule has 3 rings (SSSR count). The van der Waals surface area contributed by atoms with Crippen LogP contribution in [0.15, 0.2) is 28.7 Å². The van der Waals surface area contributed by atoms with Crippen molar-refractivity contribution in [3.05, 3.63) is 24.3 Å². The van der Waals surface area contributed by atoms with E-state index in [1.54, 1.807) is 0 Å². The zero-order valence-electron chi connectivity index (χ0n) is 16.1. The number of aromatic nitrogens is 1. The summed E-state index contributed by atoms with van der Waals surface area (Å²) < 4.78 is 10.6. The summed E-state index contributed by atoms with van der Waals surface area (Å²) in [5.41, 5.74) is 1.60. The van der Waals surface area contributed by atoms with Crippen LogP contribution in [-0.2, 0) is 14.3 Å². The monoisotopic (exact) mass is 373 g/mol. The lowest BCUT2D eigenvalue weighted by atomic mass is 9.95. The van der Waals surface area contributed by atoms with E-state index in [0.717, 1.165) is 11.1 Å². The molecule has 1 amide bonds. The van der Waals surface area contributed by atoms with Crippen molar-refractivity contribution in [3.63, 3.8) is 0 Å². The number of hydrogen-bond donors (Lipinski definition) is 1. The maximum atomic E-state index is 12.6. The molecular formula is C20H27N3O4. The number of oxazole rings is 1. The first-order valence-electron chi connectivity index (χ1n) is 9.46. The normalized spacial score (nSPS) is 16.5. The van der Waals surface area contributed by atoms with Crippen molar-refractivity contribution in [2.24, 2.45) is 11.8 Å². The van der Waals surface area contributed by atoms with E-state index in [-0.39, 0.29) is 23.7 Å². The molecule has 0 saturated carbocycles. The fraction of sp³-hybridized carbons (Fsp3) is 0.550. The Morgan fingerprint density at radius 3 is 2.63 bits per heavy atom. The number of carbonyl (C=O) groups is 2. The van der Waals surface area contributed by atoms with Crippen molar-refractivity contribution in [3.8, 4) is 0 Å². The van der Waals surface area contributed by atoms with Gasteiger partial charge in [-0.15, -0.1) is 0 Å². The highest BCUT2D eigenvalue weighted by Gasteiger charge is 2.30. The number of esters is 1. The molecule has 27 heavy (non-hydrogen) atoms. The van der Waals surface area contributed by atoms with E-state index >= 15 is 0 Å². The van der Waals surface area contributed by atoms with Gasteiger partial charge in [0.15, 0.2) is 5.58 Å². The maximum absolute atomic E-state index is 12.6. The third-order valence-electron chi connectivity index (χ3n) is 4.93. The Hall–Kier alpha value is -2.57. The molecule has 1 aromatic carbocycles. The zero-order valence-corrected chi connectivity index (χ0v) is 16.1. The number of nitrogens with zero attached hydrogens (tertiary/aromatic N) is 2. The maximum Gasteiger partial charge on any atom is 0.328 e. The third-order valence-corrected chi connectivity index (χ3v) is 4.93. The van der Waals surface area contributed by atoms with Crippen molar-refractivity contribution in [2.45, 2.75) is 39.2 Å². The molecule has 0 radical (unpaired) electrons. The molecule has 1 unspecified atom stereocenters. The van der Waals surface area contributed by atoms with Crippen molar-refractivity contribution >= 4 is 29.0 Å². The number of nitrogens with one attached hydrogen (secondary N) is 1. The van der Waals surface area contributed by atoms with E-state index in [1.165, 1.54) is 7.11 Å². The number of fused-ring (bicyclic) bond motifs is 1. The fourth-order valence-corrected chi connectivity index (χ4v) is 3.45. The number of para-hydroxylation sites is 2. The van der Waals surface area contributed by atoms with Crippen LogP contribution in [0.5, 0.6) is 0 Å². The van der Waals surface area contributed by atoms with Crippen LogP contribution in [0.3, 0.4) is 0 Å². The second-order valence-electron chi connectivity index (χ2n) is 7.44. The van der Waals surface area contributed by atoms with Crippen LogP contribution in [0.2, 0.25) is 0 Å². The van der Waals surface area contributed by atoms with Gasteiger partial charge in [-0.1, -0.05) is 26.0 Å². The van der Waals surface area contributed by atoms with Crippen LogP contribution >= 0.6 is 0 Å². The molecule has 2 aromatic rings. The van der Waals surface area contributed by atoms with E-state index in [0.29, 0.717) is 38.4 Å². The number of hydrogen-bond acceptors (Lipinski definition) is 6. The highest BCUT2D eigenvalue weighted by Crippen LogP contribution is 2.26. The largest absolute Gasteiger partial charge is 0.467 e. The van der Waals surface area contributed by atoms with E-state index in [9.17, 15) is 9.59 Å². The second-order valence-corrected chi connectivity index (χ2v) is 7.44. The standard InChI is InChI=1S/C20H27N3O4/c1-13(2)12-16(19(25)26-3)21-18(24)14-8-10-23(11-9-14)20-22-15-6-4-5-7-17(15)27-20/h4-7,13-14,16H,8-12H2,1-3H3,(H,21,24). The molecule has 1 atom stereocenters. The van der Waals surface area contributed by atoms with Crippen LogP contribution in [0.1, 0.15) is 33.1 Å². The van der Waals surface area contributed by atoms with E-state index in [4.69, 9.17) is 9.15 Å². The van der Waals surface area contributed by atoms with E-state index in [2.05, 4.69) is 15.2 Å². The molecule has 1 fully saturated rings. The summed E-state index contributed by atoms with van der Waals surface area (Å²) in [7, 11) is 1.35. The van der Waals surface area contributed by atoms with Gasteiger partial charge in [0.05, 0.1) is 7.11 Å². The van der Waals surface area contributed by atoms with E-state index in [1.807, 2.05) is 38.1 Å². The first kappa shape index (κ1) is 19.2. The van der Waals surface area contributed by atoms with Gasteiger partial charge >= 0.3 is 5.97 Å². The molecule has 0 spiro atoms. The Balaban J connectivity index is 1.57. The molecule has 146 valence electrons. The average Bonchev–Trinajstić information content (AvgIpc) is 3.10. The van der Waals surface area contributed by atoms with Crippen molar-refractivity contribution in [2.75, 3.05) is 25.1 Å². The summed E-state index contributed by atoms with van der Waals surface area (Å²) in [6.07, 6.45) is 1.96. The summed E-state index contributed by atoms with van der Waals surface area (Å²) >= 11 is 0. The minimum atomic E-state index is -0.586. The Kier molecular flexibility index (Phi) is 5.98. The topological polar surface area (TPSA) is 84.7 Å². The van der Waals surface area contributed by atoms with Gasteiger partial charge in [0.25, 0.3) is 6.01 Å². The van der Waals surface area contributed by atoms with Crippen molar-refractivity contribution < 1.29 is 18.7 Å². The Morgan fingerprint density at radius 2 is 2.00 bits per heavy atom. The molecule has 1 saturated heterocycles. The third kappa shape index (κ3) is 4.59. The number of piperidine rings is 1. The molecule has 0 aliphatic carbocycles. The Labute approximate surface area is 159 Å². The predicted octanol–water partition coefficient (Wildman–Crippen LogP) is 2.75. The zero-order chi connectivity index (χ0) is 19.4. The lowest BCUT2D eigenvalue weighted by Crippen LogP contribution is -2.47. The van der Waals surface area contributed by atoms with Gasteiger partial charge in [-0.25, -0.2) is 4.79 Å². The summed E-state index contributed by atoms with van der Waals surface area (Å²) in [5, 5.41) is 2.87. The van der Waals surface area contributed by atoms with Crippen LogP contribution in [0.25, 0.3) is 11.1 Å². The highest BCUT2D eigenvalue weighted by molar-refractivity contribution is 5.86. The molecule has 2 heterocycles. The summed E-state index contributed by atoms with van der Waals surface area (Å²) in [6.45, 7) is 5.41. The minimum Gasteiger partial charge on any atom is -0.467 e. The number of carbonyl (C=O) groups excluding carboxylic acids is 2. The molecule has 0 bridgehead atoms. The average molecular weight is 373 g/mol. The molecule has 1 aliphatic rings. The smallest absolute Gasteiger partial charge is 0.328 e. The molecular weight excluding hydrogens is 346 g/mol. The van der Waals surface area contributed by atoms with Crippen LogP contribution < -0.4 is 10.2 Å². The fourth-order valence-electron chi connectivity index (χ4n) is 3.45. The van der Waals surface area contributed by atoms with Gasteiger partial charge in [0.2, 0.25) is 5.91 Å². The highest BCUT2D eigenvalue weighted by atomic mass is 16.5. The van der Waals surface area contributed by atoms with Gasteiger partial charge in [0.1, 0.15) is 11.6 Å². The second kappa shape index (κ2) is 8.41. The van der Waals surface area contributed by atoms with Gasteiger partial charge in [-0.3, -0.25) is 4.79 Å². The molecule has 7 nitrogen and oxygen atoms in total.